The fourth-order valence-electron chi connectivity index (χ4n) is 2.51. The van der Waals surface area contributed by atoms with Crippen LogP contribution in [0, 0.1) is 0 Å². The fourth-order valence-corrected chi connectivity index (χ4v) is 2.73. The molecule has 1 amide bonds. The van der Waals surface area contributed by atoms with Crippen molar-refractivity contribution >= 4 is 45.1 Å². The third-order valence-electron chi connectivity index (χ3n) is 3.65. The summed E-state index contributed by atoms with van der Waals surface area (Å²) < 4.78 is 0. The average molecular weight is 323 g/mol. The van der Waals surface area contributed by atoms with Gasteiger partial charge in [0, 0.05) is 17.1 Å². The second-order valence-corrected chi connectivity index (χ2v) is 5.49. The van der Waals surface area contributed by atoms with Gasteiger partial charge < -0.3 is 10.3 Å². The van der Waals surface area contributed by atoms with Gasteiger partial charge in [-0.15, -0.1) is 0 Å². The van der Waals surface area contributed by atoms with E-state index in [4.69, 9.17) is 11.6 Å². The number of anilines is 1. The molecule has 0 atom stereocenters. The zero-order valence-electron chi connectivity index (χ0n) is 11.9. The number of benzene rings is 2. The standard InChI is InChI=1S/C17H11ClN4O/c18-12-4-6-14(16-11(12)2-1-7-19-16)22-17(23)10-3-5-13-15(8-10)21-9-20-13/h1-9H,(H,20,21)(H,22,23). The minimum atomic E-state index is -0.212. The van der Waals surface area contributed by atoms with Crippen LogP contribution in [0.25, 0.3) is 21.9 Å². The van der Waals surface area contributed by atoms with Crippen LogP contribution in [0.4, 0.5) is 5.69 Å². The summed E-state index contributed by atoms with van der Waals surface area (Å²) in [4.78, 5) is 24.0. The van der Waals surface area contributed by atoms with Crippen molar-refractivity contribution in [3.8, 4) is 0 Å². The van der Waals surface area contributed by atoms with Crippen molar-refractivity contribution in [3.05, 3.63) is 65.6 Å². The first kappa shape index (κ1) is 13.7. The van der Waals surface area contributed by atoms with Gasteiger partial charge in [0.05, 0.1) is 33.6 Å². The maximum atomic E-state index is 12.5. The van der Waals surface area contributed by atoms with Crippen LogP contribution in [0.5, 0.6) is 0 Å². The van der Waals surface area contributed by atoms with E-state index in [1.165, 1.54) is 0 Å². The first-order chi connectivity index (χ1) is 11.2. The van der Waals surface area contributed by atoms with Crippen LogP contribution in [0.3, 0.4) is 0 Å². The summed E-state index contributed by atoms with van der Waals surface area (Å²) in [5.41, 5.74) is 3.47. The van der Waals surface area contributed by atoms with Crippen molar-refractivity contribution in [1.29, 1.82) is 0 Å². The van der Waals surface area contributed by atoms with Gasteiger partial charge in [0.15, 0.2) is 0 Å². The quantitative estimate of drug-likeness (QED) is 0.585. The molecule has 0 unspecified atom stereocenters. The highest BCUT2D eigenvalue weighted by Crippen LogP contribution is 2.28. The van der Waals surface area contributed by atoms with Crippen LogP contribution in [-0.4, -0.2) is 20.9 Å². The molecule has 0 aliphatic rings. The lowest BCUT2D eigenvalue weighted by Gasteiger charge is -2.09. The fraction of sp³-hybridized carbons (Fsp3) is 0. The molecule has 4 aromatic rings. The first-order valence-electron chi connectivity index (χ1n) is 7.00. The lowest BCUT2D eigenvalue weighted by molar-refractivity contribution is 0.102. The largest absolute Gasteiger partial charge is 0.345 e. The summed E-state index contributed by atoms with van der Waals surface area (Å²) in [7, 11) is 0. The number of aromatic amines is 1. The Kier molecular flexibility index (Phi) is 3.20. The normalized spacial score (nSPS) is 11.0. The van der Waals surface area contributed by atoms with E-state index in [-0.39, 0.29) is 5.91 Å². The Hall–Kier alpha value is -2.92. The summed E-state index contributed by atoms with van der Waals surface area (Å²) in [5.74, 6) is -0.212. The third-order valence-corrected chi connectivity index (χ3v) is 3.98. The number of halogens is 1. The molecule has 2 aromatic heterocycles. The number of fused-ring (bicyclic) bond motifs is 2. The smallest absolute Gasteiger partial charge is 0.255 e. The molecule has 0 spiro atoms. The van der Waals surface area contributed by atoms with Crippen LogP contribution in [0.15, 0.2) is 55.0 Å². The molecule has 2 aromatic carbocycles. The molecule has 0 saturated heterocycles. The molecule has 0 saturated carbocycles. The second-order valence-electron chi connectivity index (χ2n) is 5.08. The van der Waals surface area contributed by atoms with Gasteiger partial charge in [0.1, 0.15) is 0 Å². The van der Waals surface area contributed by atoms with Gasteiger partial charge in [-0.05, 0) is 42.5 Å². The third kappa shape index (κ3) is 2.41. The van der Waals surface area contributed by atoms with Crippen molar-refractivity contribution in [2.24, 2.45) is 0 Å². The zero-order chi connectivity index (χ0) is 15.8. The van der Waals surface area contributed by atoms with Crippen molar-refractivity contribution in [1.82, 2.24) is 15.0 Å². The summed E-state index contributed by atoms with van der Waals surface area (Å²) >= 11 is 6.17. The lowest BCUT2D eigenvalue weighted by atomic mass is 10.1. The van der Waals surface area contributed by atoms with Gasteiger partial charge in [0.25, 0.3) is 5.91 Å². The van der Waals surface area contributed by atoms with E-state index < -0.39 is 0 Å². The maximum absolute atomic E-state index is 12.5. The highest BCUT2D eigenvalue weighted by Gasteiger charge is 2.11. The van der Waals surface area contributed by atoms with E-state index in [1.54, 1.807) is 42.9 Å². The number of hydrogen-bond donors (Lipinski definition) is 2. The van der Waals surface area contributed by atoms with Crippen LogP contribution in [-0.2, 0) is 0 Å². The van der Waals surface area contributed by atoms with Crippen LogP contribution >= 0.6 is 11.6 Å². The number of H-pyrrole nitrogens is 1. The number of nitrogens with one attached hydrogen (secondary N) is 2. The van der Waals surface area contributed by atoms with Gasteiger partial charge in [-0.2, -0.15) is 0 Å². The molecule has 0 aliphatic carbocycles. The Morgan fingerprint density at radius 3 is 2.96 bits per heavy atom. The monoisotopic (exact) mass is 322 g/mol. The van der Waals surface area contributed by atoms with E-state index in [9.17, 15) is 4.79 Å². The predicted octanol–water partition coefficient (Wildman–Crippen LogP) is 4.02. The lowest BCUT2D eigenvalue weighted by Crippen LogP contribution is -2.12. The predicted molar refractivity (Wildman–Crippen MR) is 90.8 cm³/mol. The summed E-state index contributed by atoms with van der Waals surface area (Å²) in [6.45, 7) is 0. The van der Waals surface area contributed by atoms with Crippen molar-refractivity contribution in [2.45, 2.75) is 0 Å². The topological polar surface area (TPSA) is 70.7 Å². The van der Waals surface area contributed by atoms with Gasteiger partial charge in [-0.25, -0.2) is 4.98 Å². The zero-order valence-corrected chi connectivity index (χ0v) is 12.6. The number of rotatable bonds is 2. The number of amides is 1. The summed E-state index contributed by atoms with van der Waals surface area (Å²) in [6, 6.07) is 12.5. The van der Waals surface area contributed by atoms with Crippen molar-refractivity contribution in [3.63, 3.8) is 0 Å². The Morgan fingerprint density at radius 2 is 2.04 bits per heavy atom. The van der Waals surface area contributed by atoms with Gasteiger partial charge in [0.2, 0.25) is 0 Å². The minimum absolute atomic E-state index is 0.212. The van der Waals surface area contributed by atoms with Gasteiger partial charge >= 0.3 is 0 Å². The number of aromatic nitrogens is 3. The molecule has 2 N–H and O–H groups in total. The van der Waals surface area contributed by atoms with E-state index in [0.29, 0.717) is 21.8 Å². The van der Waals surface area contributed by atoms with E-state index in [1.807, 2.05) is 12.1 Å². The number of nitrogens with zero attached hydrogens (tertiary/aromatic N) is 2. The van der Waals surface area contributed by atoms with E-state index in [0.717, 1.165) is 16.4 Å². The molecule has 0 radical (unpaired) electrons. The number of carbonyl (C=O) groups excluding carboxylic acids is 1. The number of carbonyl (C=O) groups is 1. The highest BCUT2D eigenvalue weighted by atomic mass is 35.5. The molecule has 0 fully saturated rings. The molecule has 6 heteroatoms. The molecule has 5 nitrogen and oxygen atoms in total. The Bertz CT molecular complexity index is 1040. The molecule has 0 aliphatic heterocycles. The van der Waals surface area contributed by atoms with Gasteiger partial charge in [-0.3, -0.25) is 9.78 Å². The SMILES string of the molecule is O=C(Nc1ccc(Cl)c2cccnc12)c1ccc2nc[nH]c2c1. The minimum Gasteiger partial charge on any atom is -0.345 e. The van der Waals surface area contributed by atoms with E-state index >= 15 is 0 Å². The van der Waals surface area contributed by atoms with Crippen LogP contribution < -0.4 is 5.32 Å². The number of imidazole rings is 1. The molecular weight excluding hydrogens is 312 g/mol. The molecule has 112 valence electrons. The molecule has 23 heavy (non-hydrogen) atoms. The number of pyridine rings is 1. The Morgan fingerprint density at radius 1 is 1.13 bits per heavy atom. The average Bonchev–Trinajstić information content (AvgIpc) is 3.05. The van der Waals surface area contributed by atoms with E-state index in [2.05, 4.69) is 20.3 Å². The van der Waals surface area contributed by atoms with Gasteiger partial charge in [-0.1, -0.05) is 11.6 Å². The van der Waals surface area contributed by atoms with Crippen molar-refractivity contribution < 1.29 is 4.79 Å². The molecule has 0 bridgehead atoms. The Labute approximate surface area is 136 Å². The highest BCUT2D eigenvalue weighted by molar-refractivity contribution is 6.36. The molecule has 2 heterocycles. The van der Waals surface area contributed by atoms with Crippen molar-refractivity contribution in [2.75, 3.05) is 5.32 Å². The Balaban J connectivity index is 1.72. The molecular formula is C17H11ClN4O. The van der Waals surface area contributed by atoms with Crippen LogP contribution in [0.1, 0.15) is 10.4 Å². The summed E-state index contributed by atoms with van der Waals surface area (Å²) in [6.07, 6.45) is 3.27. The maximum Gasteiger partial charge on any atom is 0.255 e. The molecule has 4 rings (SSSR count). The number of hydrogen-bond acceptors (Lipinski definition) is 3. The first-order valence-corrected chi connectivity index (χ1v) is 7.38. The van der Waals surface area contributed by atoms with Crippen LogP contribution in [0.2, 0.25) is 5.02 Å². The second kappa shape index (κ2) is 5.37. The summed E-state index contributed by atoms with van der Waals surface area (Å²) in [5, 5.41) is 4.29.